The summed E-state index contributed by atoms with van der Waals surface area (Å²) in [7, 11) is 0. The van der Waals surface area contributed by atoms with Crippen LogP contribution in [0.3, 0.4) is 0 Å². The first kappa shape index (κ1) is 62.4. The van der Waals surface area contributed by atoms with Gasteiger partial charge in [0.25, 0.3) is 0 Å². The van der Waals surface area contributed by atoms with Crippen LogP contribution in [0, 0.1) is 0 Å². The van der Waals surface area contributed by atoms with Gasteiger partial charge in [-0.2, -0.15) is 0 Å². The molecule has 0 aromatic heterocycles. The van der Waals surface area contributed by atoms with Crippen molar-refractivity contribution in [3.8, 4) is 0 Å². The van der Waals surface area contributed by atoms with Gasteiger partial charge in [0.1, 0.15) is 13.2 Å². The Morgan fingerprint density at radius 1 is 0.308 bits per heavy atom. The quantitative estimate of drug-likeness (QED) is 0.0262. The SMILES string of the molecule is CCC/C=C\C/C=C\CCCCCCCC(=O)OCC(COC(=O)CCCCCCCCCCCCCCCCCCCCCC)OC(=O)CCCCCCC/C=C\C/C=C\CCCC. The molecule has 0 saturated carbocycles. The van der Waals surface area contributed by atoms with E-state index in [0.717, 1.165) is 109 Å². The number of carbonyl (C=O) groups excluding carboxylic acids is 3. The van der Waals surface area contributed by atoms with Gasteiger partial charge < -0.3 is 14.2 Å². The molecule has 0 saturated heterocycles. The highest BCUT2D eigenvalue weighted by Gasteiger charge is 2.19. The Kier molecular flexibility index (Phi) is 51.8. The highest BCUT2D eigenvalue weighted by atomic mass is 16.6. The van der Waals surface area contributed by atoms with Crippen molar-refractivity contribution in [3.05, 3.63) is 48.6 Å². The van der Waals surface area contributed by atoms with E-state index < -0.39 is 6.10 Å². The minimum absolute atomic E-state index is 0.0808. The van der Waals surface area contributed by atoms with Crippen molar-refractivity contribution >= 4 is 17.9 Å². The summed E-state index contributed by atoms with van der Waals surface area (Å²) in [5.41, 5.74) is 0. The summed E-state index contributed by atoms with van der Waals surface area (Å²) in [6.07, 6.45) is 65.3. The minimum Gasteiger partial charge on any atom is -0.462 e. The molecule has 65 heavy (non-hydrogen) atoms. The van der Waals surface area contributed by atoms with Gasteiger partial charge in [0, 0.05) is 19.3 Å². The van der Waals surface area contributed by atoms with E-state index >= 15 is 0 Å². The number of ether oxygens (including phenoxy) is 3. The highest BCUT2D eigenvalue weighted by Crippen LogP contribution is 2.16. The molecule has 0 amide bonds. The van der Waals surface area contributed by atoms with Crippen LogP contribution in [-0.2, 0) is 28.6 Å². The second-order valence-corrected chi connectivity index (χ2v) is 18.8. The zero-order valence-corrected chi connectivity index (χ0v) is 43.3. The lowest BCUT2D eigenvalue weighted by molar-refractivity contribution is -0.167. The maximum atomic E-state index is 12.8. The zero-order valence-electron chi connectivity index (χ0n) is 43.3. The van der Waals surface area contributed by atoms with Gasteiger partial charge in [0.05, 0.1) is 0 Å². The topological polar surface area (TPSA) is 78.9 Å². The van der Waals surface area contributed by atoms with Crippen LogP contribution in [0.4, 0.5) is 0 Å². The molecule has 0 spiro atoms. The van der Waals surface area contributed by atoms with Crippen LogP contribution < -0.4 is 0 Å². The van der Waals surface area contributed by atoms with E-state index in [1.165, 1.54) is 141 Å². The largest absolute Gasteiger partial charge is 0.462 e. The average Bonchev–Trinajstić information content (AvgIpc) is 3.30. The van der Waals surface area contributed by atoms with Crippen LogP contribution in [0.2, 0.25) is 0 Å². The Morgan fingerprint density at radius 2 is 0.600 bits per heavy atom. The van der Waals surface area contributed by atoms with Gasteiger partial charge in [-0.15, -0.1) is 0 Å². The Morgan fingerprint density at radius 3 is 0.954 bits per heavy atom. The fourth-order valence-corrected chi connectivity index (χ4v) is 8.03. The van der Waals surface area contributed by atoms with Crippen molar-refractivity contribution in [2.24, 2.45) is 0 Å². The first-order chi connectivity index (χ1) is 32.0. The van der Waals surface area contributed by atoms with Crippen molar-refractivity contribution in [1.82, 2.24) is 0 Å². The Balaban J connectivity index is 4.32. The molecule has 0 heterocycles. The molecule has 6 nitrogen and oxygen atoms in total. The van der Waals surface area contributed by atoms with Crippen LogP contribution >= 0.6 is 0 Å². The first-order valence-electron chi connectivity index (χ1n) is 28.1. The smallest absolute Gasteiger partial charge is 0.306 e. The predicted molar refractivity (Wildman–Crippen MR) is 279 cm³/mol. The molecule has 1 atom stereocenters. The van der Waals surface area contributed by atoms with E-state index in [2.05, 4.69) is 69.4 Å². The Hall–Kier alpha value is -2.63. The zero-order chi connectivity index (χ0) is 47.2. The number of carbonyl (C=O) groups is 3. The van der Waals surface area contributed by atoms with Gasteiger partial charge in [-0.25, -0.2) is 0 Å². The lowest BCUT2D eigenvalue weighted by Gasteiger charge is -2.18. The summed E-state index contributed by atoms with van der Waals surface area (Å²) in [6, 6.07) is 0. The van der Waals surface area contributed by atoms with E-state index in [9.17, 15) is 14.4 Å². The third-order valence-electron chi connectivity index (χ3n) is 12.3. The summed E-state index contributed by atoms with van der Waals surface area (Å²) >= 11 is 0. The second kappa shape index (κ2) is 54.0. The number of unbranched alkanes of at least 4 members (excludes halogenated alkanes) is 32. The maximum absolute atomic E-state index is 12.8. The van der Waals surface area contributed by atoms with Crippen LogP contribution in [-0.4, -0.2) is 37.2 Å². The third kappa shape index (κ3) is 52.2. The Labute approximate surface area is 403 Å². The molecule has 0 bridgehead atoms. The number of hydrogen-bond donors (Lipinski definition) is 0. The molecule has 0 N–H and O–H groups in total. The summed E-state index contributed by atoms with van der Waals surface area (Å²) in [5.74, 6) is -0.898. The first-order valence-corrected chi connectivity index (χ1v) is 28.1. The highest BCUT2D eigenvalue weighted by molar-refractivity contribution is 5.71. The molecule has 0 rings (SSSR count). The van der Waals surface area contributed by atoms with Crippen LogP contribution in [0.25, 0.3) is 0 Å². The summed E-state index contributed by atoms with van der Waals surface area (Å²) in [5, 5.41) is 0. The summed E-state index contributed by atoms with van der Waals surface area (Å²) in [4.78, 5) is 38.1. The number of hydrogen-bond acceptors (Lipinski definition) is 6. The standard InChI is InChI=1S/C59H106O6/c1-4-7-10-13-16-19-22-25-27-28-29-30-31-32-35-37-40-43-46-49-52-58(61)64-55-56(54-63-57(60)51-48-45-42-39-36-33-24-21-18-15-12-9-6-3)65-59(62)53-50-47-44-41-38-34-26-23-20-17-14-11-8-5-2/h12,14-15,17,21,23-24,26,56H,4-11,13,16,18-20,22,25,27-55H2,1-3H3/b15-12-,17-14-,24-21-,26-23-. The van der Waals surface area contributed by atoms with Crippen LogP contribution in [0.15, 0.2) is 48.6 Å². The maximum Gasteiger partial charge on any atom is 0.306 e. The molecule has 378 valence electrons. The molecule has 0 aliphatic rings. The molecule has 1 unspecified atom stereocenters. The molecule has 6 heteroatoms. The third-order valence-corrected chi connectivity index (χ3v) is 12.3. The Bertz CT molecular complexity index is 1140. The van der Waals surface area contributed by atoms with Crippen molar-refractivity contribution in [3.63, 3.8) is 0 Å². The molecule has 0 aliphatic heterocycles. The lowest BCUT2D eigenvalue weighted by atomic mass is 10.0. The number of rotatable bonds is 51. The van der Waals surface area contributed by atoms with Gasteiger partial charge in [-0.3, -0.25) is 14.4 Å². The lowest BCUT2D eigenvalue weighted by Crippen LogP contribution is -2.30. The molecule has 0 aliphatic carbocycles. The number of esters is 3. The molecule has 0 aromatic carbocycles. The van der Waals surface area contributed by atoms with Gasteiger partial charge in [-0.05, 0) is 70.6 Å². The number of allylic oxidation sites excluding steroid dienone is 8. The van der Waals surface area contributed by atoms with E-state index in [0.29, 0.717) is 19.3 Å². The van der Waals surface area contributed by atoms with E-state index in [4.69, 9.17) is 14.2 Å². The summed E-state index contributed by atoms with van der Waals surface area (Å²) in [6.45, 7) is 6.54. The molecule has 0 fully saturated rings. The normalized spacial score (nSPS) is 12.4. The van der Waals surface area contributed by atoms with Crippen molar-refractivity contribution in [1.29, 1.82) is 0 Å². The monoisotopic (exact) mass is 911 g/mol. The fraction of sp³-hybridized carbons (Fsp3) is 0.814. The minimum atomic E-state index is -0.784. The van der Waals surface area contributed by atoms with Gasteiger partial charge in [0.15, 0.2) is 6.10 Å². The van der Waals surface area contributed by atoms with Gasteiger partial charge >= 0.3 is 17.9 Å². The molecule has 0 aromatic rings. The van der Waals surface area contributed by atoms with Crippen LogP contribution in [0.5, 0.6) is 0 Å². The fourth-order valence-electron chi connectivity index (χ4n) is 8.03. The van der Waals surface area contributed by atoms with Crippen molar-refractivity contribution in [2.45, 2.75) is 297 Å². The van der Waals surface area contributed by atoms with Gasteiger partial charge in [0.2, 0.25) is 0 Å². The van der Waals surface area contributed by atoms with Crippen molar-refractivity contribution in [2.75, 3.05) is 13.2 Å². The average molecular weight is 911 g/mol. The van der Waals surface area contributed by atoms with Crippen LogP contribution in [0.1, 0.15) is 290 Å². The van der Waals surface area contributed by atoms with E-state index in [-0.39, 0.29) is 31.1 Å². The van der Waals surface area contributed by atoms with Crippen molar-refractivity contribution < 1.29 is 28.6 Å². The summed E-state index contributed by atoms with van der Waals surface area (Å²) < 4.78 is 16.8. The molecular weight excluding hydrogens is 805 g/mol. The predicted octanol–water partition coefficient (Wildman–Crippen LogP) is 18.7. The molecular formula is C59H106O6. The van der Waals surface area contributed by atoms with E-state index in [1.54, 1.807) is 0 Å². The molecule has 0 radical (unpaired) electrons. The van der Waals surface area contributed by atoms with Gasteiger partial charge in [-0.1, -0.05) is 249 Å². The second-order valence-electron chi connectivity index (χ2n) is 18.8. The van der Waals surface area contributed by atoms with E-state index in [1.807, 2.05) is 0 Å².